The zero-order chi connectivity index (χ0) is 14.9. The van der Waals surface area contributed by atoms with Gasteiger partial charge in [0.05, 0.1) is 0 Å². The highest BCUT2D eigenvalue weighted by Gasteiger charge is 2.37. The van der Waals surface area contributed by atoms with E-state index in [-0.39, 0.29) is 5.91 Å². The van der Waals surface area contributed by atoms with E-state index in [9.17, 15) is 4.79 Å². The Morgan fingerprint density at radius 2 is 1.77 bits per heavy atom. The van der Waals surface area contributed by atoms with E-state index >= 15 is 0 Å². The monoisotopic (exact) mass is 302 g/mol. The fourth-order valence-electron chi connectivity index (χ4n) is 4.73. The van der Waals surface area contributed by atoms with Crippen molar-refractivity contribution >= 4 is 5.91 Å². The molecule has 3 aliphatic rings. The molecule has 1 amide bonds. The second-order valence-corrected chi connectivity index (χ2v) is 7.25. The Hall–Kier alpha value is -1.32. The third kappa shape index (κ3) is 2.46. The molecule has 2 fully saturated rings. The molecule has 1 aliphatic heterocycles. The number of nitrogens with zero attached hydrogens (tertiary/aromatic N) is 2. The number of amides is 1. The molecule has 2 aliphatic carbocycles. The first-order valence-electron chi connectivity index (χ1n) is 9.13. The summed E-state index contributed by atoms with van der Waals surface area (Å²) in [6, 6.07) is 0.444. The zero-order valence-electron chi connectivity index (χ0n) is 13.4. The minimum Gasteiger partial charge on any atom is -0.360 e. The lowest BCUT2D eigenvalue weighted by molar-refractivity contribution is 0.0558. The van der Waals surface area contributed by atoms with Crippen LogP contribution < -0.4 is 0 Å². The summed E-state index contributed by atoms with van der Waals surface area (Å²) >= 11 is 0. The Morgan fingerprint density at radius 1 is 1.00 bits per heavy atom. The topological polar surface area (TPSA) is 46.3 Å². The van der Waals surface area contributed by atoms with E-state index in [2.05, 4.69) is 10.1 Å². The summed E-state index contributed by atoms with van der Waals surface area (Å²) in [6.45, 7) is 0.904. The SMILES string of the molecule is O=C(c1noc2c1CCCC2)N1CCCCC2CCCCC21. The summed E-state index contributed by atoms with van der Waals surface area (Å²) in [7, 11) is 0. The second-order valence-electron chi connectivity index (χ2n) is 7.25. The van der Waals surface area contributed by atoms with E-state index in [0.29, 0.717) is 17.7 Å². The van der Waals surface area contributed by atoms with Crippen LogP contribution in [0.25, 0.3) is 0 Å². The van der Waals surface area contributed by atoms with Crippen LogP contribution in [-0.2, 0) is 12.8 Å². The minimum atomic E-state index is 0.144. The summed E-state index contributed by atoms with van der Waals surface area (Å²) in [5.74, 6) is 1.82. The van der Waals surface area contributed by atoms with E-state index in [1.165, 1.54) is 38.5 Å². The summed E-state index contributed by atoms with van der Waals surface area (Å²) in [4.78, 5) is 15.3. The Labute approximate surface area is 132 Å². The van der Waals surface area contributed by atoms with Crippen molar-refractivity contribution in [2.24, 2.45) is 5.92 Å². The summed E-state index contributed by atoms with van der Waals surface area (Å²) < 4.78 is 5.47. The third-order valence-corrected chi connectivity index (χ3v) is 5.91. The van der Waals surface area contributed by atoms with Crippen LogP contribution in [0.1, 0.15) is 79.6 Å². The smallest absolute Gasteiger partial charge is 0.276 e. The highest BCUT2D eigenvalue weighted by molar-refractivity contribution is 5.94. The Kier molecular flexibility index (Phi) is 3.93. The lowest BCUT2D eigenvalue weighted by atomic mass is 9.81. The number of carbonyl (C=O) groups excluding carboxylic acids is 1. The van der Waals surface area contributed by atoms with Gasteiger partial charge in [-0.05, 0) is 50.9 Å². The first kappa shape index (κ1) is 14.3. The lowest BCUT2D eigenvalue weighted by Crippen LogP contribution is -2.45. The molecule has 1 aromatic heterocycles. The third-order valence-electron chi connectivity index (χ3n) is 5.91. The van der Waals surface area contributed by atoms with Gasteiger partial charge < -0.3 is 9.42 Å². The molecule has 2 atom stereocenters. The van der Waals surface area contributed by atoms with E-state index in [1.54, 1.807) is 0 Å². The van der Waals surface area contributed by atoms with Gasteiger partial charge in [-0.1, -0.05) is 24.4 Å². The summed E-state index contributed by atoms with van der Waals surface area (Å²) in [6.07, 6.45) is 13.0. The summed E-state index contributed by atoms with van der Waals surface area (Å²) in [5.41, 5.74) is 1.73. The maximum atomic E-state index is 13.1. The van der Waals surface area contributed by atoms with Crippen LogP contribution in [0.15, 0.2) is 4.52 Å². The van der Waals surface area contributed by atoms with Crippen molar-refractivity contribution in [2.45, 2.75) is 76.7 Å². The molecule has 2 heterocycles. The molecule has 0 spiro atoms. The van der Waals surface area contributed by atoms with Gasteiger partial charge in [0.25, 0.3) is 5.91 Å². The predicted octanol–water partition coefficient (Wildman–Crippen LogP) is 3.74. The molecule has 0 radical (unpaired) electrons. The fourth-order valence-corrected chi connectivity index (χ4v) is 4.73. The largest absolute Gasteiger partial charge is 0.360 e. The number of rotatable bonds is 1. The van der Waals surface area contributed by atoms with Gasteiger partial charge in [0.15, 0.2) is 5.69 Å². The van der Waals surface area contributed by atoms with Crippen molar-refractivity contribution < 1.29 is 9.32 Å². The average molecular weight is 302 g/mol. The van der Waals surface area contributed by atoms with Gasteiger partial charge in [-0.3, -0.25) is 4.79 Å². The Balaban J connectivity index is 1.61. The zero-order valence-corrected chi connectivity index (χ0v) is 13.4. The molecule has 120 valence electrons. The van der Waals surface area contributed by atoms with Gasteiger partial charge >= 0.3 is 0 Å². The normalized spacial score (nSPS) is 28.6. The number of aromatic nitrogens is 1. The van der Waals surface area contributed by atoms with Gasteiger partial charge in [-0.2, -0.15) is 0 Å². The van der Waals surface area contributed by atoms with Crippen LogP contribution in [0.5, 0.6) is 0 Å². The number of likely N-dealkylation sites (tertiary alicyclic amines) is 1. The lowest BCUT2D eigenvalue weighted by Gasteiger charge is -2.38. The number of fused-ring (bicyclic) bond motifs is 2. The molecule has 2 unspecified atom stereocenters. The van der Waals surface area contributed by atoms with Crippen molar-refractivity contribution in [3.8, 4) is 0 Å². The Bertz CT molecular complexity index is 551. The predicted molar refractivity (Wildman–Crippen MR) is 83.8 cm³/mol. The molecular formula is C18H26N2O2. The molecule has 0 aromatic carbocycles. The highest BCUT2D eigenvalue weighted by atomic mass is 16.5. The maximum Gasteiger partial charge on any atom is 0.276 e. The van der Waals surface area contributed by atoms with Crippen molar-refractivity contribution in [1.29, 1.82) is 0 Å². The highest BCUT2D eigenvalue weighted by Crippen LogP contribution is 2.36. The van der Waals surface area contributed by atoms with E-state index in [0.717, 1.165) is 50.0 Å². The van der Waals surface area contributed by atoms with Crippen molar-refractivity contribution in [3.05, 3.63) is 17.0 Å². The van der Waals surface area contributed by atoms with E-state index < -0.39 is 0 Å². The van der Waals surface area contributed by atoms with Crippen LogP contribution in [0, 0.1) is 5.92 Å². The minimum absolute atomic E-state index is 0.144. The molecule has 4 nitrogen and oxygen atoms in total. The molecule has 22 heavy (non-hydrogen) atoms. The van der Waals surface area contributed by atoms with Gasteiger partial charge in [-0.15, -0.1) is 0 Å². The second kappa shape index (κ2) is 6.05. The molecule has 1 saturated heterocycles. The molecular weight excluding hydrogens is 276 g/mol. The molecule has 4 rings (SSSR count). The fraction of sp³-hybridized carbons (Fsp3) is 0.778. The first-order valence-corrected chi connectivity index (χ1v) is 9.13. The molecule has 0 N–H and O–H groups in total. The van der Waals surface area contributed by atoms with E-state index in [1.807, 2.05) is 0 Å². The number of hydrogen-bond donors (Lipinski definition) is 0. The molecule has 1 saturated carbocycles. The number of aryl methyl sites for hydroxylation is 1. The average Bonchev–Trinajstić information content (AvgIpc) is 2.87. The maximum absolute atomic E-state index is 13.1. The number of carbonyl (C=O) groups is 1. The van der Waals surface area contributed by atoms with Gasteiger partial charge in [-0.25, -0.2) is 0 Å². The van der Waals surface area contributed by atoms with Gasteiger partial charge in [0.2, 0.25) is 0 Å². The summed E-state index contributed by atoms with van der Waals surface area (Å²) in [5, 5.41) is 4.17. The van der Waals surface area contributed by atoms with Gasteiger partial charge in [0, 0.05) is 24.6 Å². The van der Waals surface area contributed by atoms with Gasteiger partial charge in [0.1, 0.15) is 5.76 Å². The van der Waals surface area contributed by atoms with Crippen LogP contribution in [0.2, 0.25) is 0 Å². The first-order chi connectivity index (χ1) is 10.8. The van der Waals surface area contributed by atoms with Crippen LogP contribution in [0.4, 0.5) is 0 Å². The molecule has 1 aromatic rings. The standard InChI is InChI=1S/C18H26N2O2/c21-18(17-14-9-2-4-11-16(14)22-19-17)20-12-6-5-8-13-7-1-3-10-15(13)20/h13,15H,1-12H2. The van der Waals surface area contributed by atoms with Crippen molar-refractivity contribution in [2.75, 3.05) is 6.54 Å². The van der Waals surface area contributed by atoms with Crippen molar-refractivity contribution in [3.63, 3.8) is 0 Å². The van der Waals surface area contributed by atoms with Crippen LogP contribution in [-0.4, -0.2) is 28.6 Å². The Morgan fingerprint density at radius 3 is 2.68 bits per heavy atom. The number of hydrogen-bond acceptors (Lipinski definition) is 3. The molecule has 0 bridgehead atoms. The van der Waals surface area contributed by atoms with E-state index in [4.69, 9.17) is 4.52 Å². The quantitative estimate of drug-likeness (QED) is 0.794. The van der Waals surface area contributed by atoms with Crippen LogP contribution >= 0.6 is 0 Å². The van der Waals surface area contributed by atoms with Crippen molar-refractivity contribution in [1.82, 2.24) is 10.1 Å². The van der Waals surface area contributed by atoms with Crippen LogP contribution in [0.3, 0.4) is 0 Å². The molecule has 4 heteroatoms.